The maximum Gasteiger partial charge on any atom is 0.314 e. The van der Waals surface area contributed by atoms with Gasteiger partial charge in [0.2, 0.25) is 0 Å². The predicted molar refractivity (Wildman–Crippen MR) is 87.4 cm³/mol. The second-order valence-electron chi connectivity index (χ2n) is 4.62. The van der Waals surface area contributed by atoms with Crippen LogP contribution in [0, 0.1) is 21.4 Å². The molecule has 9 heteroatoms. The lowest BCUT2D eigenvalue weighted by Gasteiger charge is -2.14. The van der Waals surface area contributed by atoms with E-state index in [9.17, 15) is 14.9 Å². The summed E-state index contributed by atoms with van der Waals surface area (Å²) in [7, 11) is 1.39. The largest absolute Gasteiger partial charge is 0.496 e. The number of nitro groups is 1. The molecule has 1 aromatic carbocycles. The van der Waals surface area contributed by atoms with Gasteiger partial charge in [0.25, 0.3) is 5.91 Å². The number of anilines is 1. The van der Waals surface area contributed by atoms with Crippen LogP contribution >= 0.6 is 11.3 Å². The molecule has 2 aromatic rings. The number of nitrogens with one attached hydrogen (secondary N) is 1. The van der Waals surface area contributed by atoms with E-state index in [2.05, 4.69) is 5.32 Å². The molecule has 124 valence electrons. The number of nitrogens with zero attached hydrogens (tertiary/aromatic N) is 2. The Hall–Kier alpha value is -3.12. The number of nitriles is 1. The third kappa shape index (κ3) is 3.80. The van der Waals surface area contributed by atoms with Crippen molar-refractivity contribution in [2.45, 2.75) is 13.0 Å². The molecule has 24 heavy (non-hydrogen) atoms. The maximum atomic E-state index is 12.2. The molecule has 0 spiro atoms. The minimum atomic E-state index is -0.995. The molecule has 0 bridgehead atoms. The van der Waals surface area contributed by atoms with Crippen LogP contribution in [0.3, 0.4) is 0 Å². The number of benzene rings is 1. The van der Waals surface area contributed by atoms with E-state index in [1.807, 2.05) is 6.07 Å². The summed E-state index contributed by atoms with van der Waals surface area (Å²) < 4.78 is 10.3. The molecule has 0 aliphatic heterocycles. The molecule has 1 heterocycles. The smallest absolute Gasteiger partial charge is 0.314 e. The molecule has 0 aliphatic rings. The van der Waals surface area contributed by atoms with Crippen molar-refractivity contribution in [1.29, 1.82) is 5.26 Å². The molecule has 1 aromatic heterocycles. The number of thiophene rings is 1. The van der Waals surface area contributed by atoms with Gasteiger partial charge in [0, 0.05) is 0 Å². The Bertz CT molecular complexity index is 812. The summed E-state index contributed by atoms with van der Waals surface area (Å²) in [5.41, 5.74) is 0.0406. The van der Waals surface area contributed by atoms with Gasteiger partial charge >= 0.3 is 5.69 Å². The number of carbonyl (C=O) groups excluding carboxylic acids is 1. The van der Waals surface area contributed by atoms with E-state index >= 15 is 0 Å². The molecule has 0 saturated heterocycles. The first-order valence-corrected chi connectivity index (χ1v) is 7.61. The van der Waals surface area contributed by atoms with Gasteiger partial charge in [0.1, 0.15) is 16.8 Å². The van der Waals surface area contributed by atoms with Crippen LogP contribution in [0.5, 0.6) is 11.5 Å². The molecule has 0 unspecified atom stereocenters. The van der Waals surface area contributed by atoms with E-state index in [1.54, 1.807) is 11.4 Å². The number of ether oxygens (including phenoxy) is 2. The molecule has 8 nitrogen and oxygen atoms in total. The number of amides is 1. The zero-order valence-electron chi connectivity index (χ0n) is 12.8. The van der Waals surface area contributed by atoms with Crippen LogP contribution in [0.25, 0.3) is 0 Å². The third-order valence-electron chi connectivity index (χ3n) is 3.06. The van der Waals surface area contributed by atoms with Crippen molar-refractivity contribution in [2.24, 2.45) is 0 Å². The van der Waals surface area contributed by atoms with Crippen molar-refractivity contribution in [2.75, 3.05) is 12.4 Å². The molecule has 0 radical (unpaired) electrons. The van der Waals surface area contributed by atoms with Crippen molar-refractivity contribution in [3.8, 4) is 17.6 Å². The summed E-state index contributed by atoms with van der Waals surface area (Å²) in [6, 6.07) is 7.62. The van der Waals surface area contributed by atoms with Crippen molar-refractivity contribution in [1.82, 2.24) is 0 Å². The molecule has 1 N–H and O–H groups in total. The van der Waals surface area contributed by atoms with Crippen LogP contribution in [-0.4, -0.2) is 24.0 Å². The standard InChI is InChI=1S/C15H13N3O5S/c1-9(14(19)17-15-10(8-16)5-6-24-15)23-13-4-3-11(22-2)7-12(13)18(20)21/h3-7,9H,1-2H3,(H,17,19)/t9-/m0/s1. The summed E-state index contributed by atoms with van der Waals surface area (Å²) in [5.74, 6) is -0.252. The minimum Gasteiger partial charge on any atom is -0.496 e. The van der Waals surface area contributed by atoms with E-state index in [-0.39, 0.29) is 11.4 Å². The van der Waals surface area contributed by atoms with Crippen LogP contribution < -0.4 is 14.8 Å². The van der Waals surface area contributed by atoms with E-state index in [1.165, 1.54) is 43.6 Å². The molecule has 2 rings (SSSR count). The van der Waals surface area contributed by atoms with E-state index < -0.39 is 16.9 Å². The van der Waals surface area contributed by atoms with Crippen LogP contribution in [0.15, 0.2) is 29.6 Å². The molecule has 1 atom stereocenters. The van der Waals surface area contributed by atoms with Gasteiger partial charge in [-0.3, -0.25) is 14.9 Å². The van der Waals surface area contributed by atoms with Gasteiger partial charge in [0.15, 0.2) is 11.9 Å². The number of hydrogen-bond acceptors (Lipinski definition) is 7. The molecular formula is C15H13N3O5S. The van der Waals surface area contributed by atoms with Gasteiger partial charge in [-0.05, 0) is 30.5 Å². The van der Waals surface area contributed by atoms with E-state index in [4.69, 9.17) is 14.7 Å². The van der Waals surface area contributed by atoms with Gasteiger partial charge < -0.3 is 14.8 Å². The monoisotopic (exact) mass is 347 g/mol. The normalized spacial score (nSPS) is 11.2. The number of nitro benzene ring substituents is 1. The minimum absolute atomic E-state index is 0.0462. The Morgan fingerprint density at radius 3 is 2.83 bits per heavy atom. The predicted octanol–water partition coefficient (Wildman–Crippen LogP) is 2.94. The average molecular weight is 347 g/mol. The highest BCUT2D eigenvalue weighted by Crippen LogP contribution is 2.32. The summed E-state index contributed by atoms with van der Waals surface area (Å²) in [6.07, 6.45) is -0.995. The van der Waals surface area contributed by atoms with E-state index in [0.717, 1.165) is 0 Å². The Labute approximate surface area is 141 Å². The van der Waals surface area contributed by atoms with Gasteiger partial charge in [-0.25, -0.2) is 0 Å². The second-order valence-corrected chi connectivity index (χ2v) is 5.53. The number of rotatable bonds is 6. The molecule has 1 amide bonds. The van der Waals surface area contributed by atoms with Gasteiger partial charge in [-0.15, -0.1) is 11.3 Å². The van der Waals surface area contributed by atoms with Gasteiger partial charge in [-0.1, -0.05) is 0 Å². The highest BCUT2D eigenvalue weighted by atomic mass is 32.1. The quantitative estimate of drug-likeness (QED) is 0.634. The molecule has 0 fully saturated rings. The Morgan fingerprint density at radius 1 is 1.46 bits per heavy atom. The number of carbonyl (C=O) groups is 1. The first-order valence-electron chi connectivity index (χ1n) is 6.73. The summed E-state index contributed by atoms with van der Waals surface area (Å²) >= 11 is 1.20. The Kier molecular flexibility index (Phi) is 5.34. The third-order valence-corrected chi connectivity index (χ3v) is 3.89. The zero-order chi connectivity index (χ0) is 17.7. The van der Waals surface area contributed by atoms with Crippen molar-refractivity contribution >= 4 is 27.9 Å². The van der Waals surface area contributed by atoms with Crippen LogP contribution in [0.4, 0.5) is 10.7 Å². The maximum absolute atomic E-state index is 12.2. The van der Waals surface area contributed by atoms with Gasteiger partial charge in [-0.2, -0.15) is 5.26 Å². The lowest BCUT2D eigenvalue weighted by Crippen LogP contribution is -2.30. The van der Waals surface area contributed by atoms with Gasteiger partial charge in [0.05, 0.1) is 23.7 Å². The van der Waals surface area contributed by atoms with Crippen molar-refractivity contribution < 1.29 is 19.2 Å². The van der Waals surface area contributed by atoms with E-state index in [0.29, 0.717) is 16.3 Å². The van der Waals surface area contributed by atoms with Crippen LogP contribution in [0.2, 0.25) is 0 Å². The Balaban J connectivity index is 2.14. The summed E-state index contributed by atoms with van der Waals surface area (Å²) in [5, 5.41) is 24.7. The SMILES string of the molecule is COc1ccc(O[C@@H](C)C(=O)Nc2sccc2C#N)c([N+](=O)[O-])c1. The molecule has 0 saturated carbocycles. The van der Waals surface area contributed by atoms with Crippen LogP contribution in [0.1, 0.15) is 12.5 Å². The fraction of sp³-hybridized carbons (Fsp3) is 0.200. The molecular weight excluding hydrogens is 334 g/mol. The highest BCUT2D eigenvalue weighted by Gasteiger charge is 2.23. The van der Waals surface area contributed by atoms with Crippen LogP contribution in [-0.2, 0) is 4.79 Å². The lowest BCUT2D eigenvalue weighted by atomic mass is 10.2. The Morgan fingerprint density at radius 2 is 2.21 bits per heavy atom. The fourth-order valence-electron chi connectivity index (χ4n) is 1.82. The first-order chi connectivity index (χ1) is 11.5. The highest BCUT2D eigenvalue weighted by molar-refractivity contribution is 7.14. The zero-order valence-corrected chi connectivity index (χ0v) is 13.6. The fourth-order valence-corrected chi connectivity index (χ4v) is 2.56. The first kappa shape index (κ1) is 17.2. The number of methoxy groups -OCH3 is 1. The number of hydrogen-bond donors (Lipinski definition) is 1. The lowest BCUT2D eigenvalue weighted by molar-refractivity contribution is -0.386. The molecule has 0 aliphatic carbocycles. The van der Waals surface area contributed by atoms with Crippen molar-refractivity contribution in [3.63, 3.8) is 0 Å². The topological polar surface area (TPSA) is 114 Å². The second kappa shape index (κ2) is 7.43. The average Bonchev–Trinajstić information content (AvgIpc) is 3.01. The van der Waals surface area contributed by atoms with Crippen molar-refractivity contribution in [3.05, 3.63) is 45.3 Å². The summed E-state index contributed by atoms with van der Waals surface area (Å²) in [4.78, 5) is 22.7. The summed E-state index contributed by atoms with van der Waals surface area (Å²) in [6.45, 7) is 1.46.